The fourth-order valence-electron chi connectivity index (χ4n) is 2.71. The van der Waals surface area contributed by atoms with Crippen LogP contribution in [0.5, 0.6) is 0 Å². The lowest BCUT2D eigenvalue weighted by atomic mass is 9.89. The number of hydrogen-bond acceptors (Lipinski definition) is 0. The van der Waals surface area contributed by atoms with Gasteiger partial charge in [0, 0.05) is 0 Å². The molecular formula is C19H18. The van der Waals surface area contributed by atoms with Gasteiger partial charge in [-0.1, -0.05) is 66.8 Å². The molecule has 1 aliphatic carbocycles. The summed E-state index contributed by atoms with van der Waals surface area (Å²) in [6.07, 6.45) is 9.18. The molecule has 0 heterocycles. The molecule has 0 saturated heterocycles. The van der Waals surface area contributed by atoms with E-state index in [0.29, 0.717) is 0 Å². The Morgan fingerprint density at radius 3 is 2.42 bits per heavy atom. The van der Waals surface area contributed by atoms with Gasteiger partial charge in [-0.2, -0.15) is 0 Å². The zero-order valence-electron chi connectivity index (χ0n) is 11.3. The zero-order chi connectivity index (χ0) is 13.1. The van der Waals surface area contributed by atoms with E-state index in [-0.39, 0.29) is 0 Å². The van der Waals surface area contributed by atoms with Gasteiger partial charge in [0.05, 0.1) is 0 Å². The van der Waals surface area contributed by atoms with Gasteiger partial charge in [-0.05, 0) is 47.6 Å². The molecule has 0 saturated carbocycles. The van der Waals surface area contributed by atoms with Gasteiger partial charge in [0.25, 0.3) is 0 Å². The van der Waals surface area contributed by atoms with Gasteiger partial charge < -0.3 is 0 Å². The summed E-state index contributed by atoms with van der Waals surface area (Å²) in [4.78, 5) is 0. The third-order valence-electron chi connectivity index (χ3n) is 3.64. The monoisotopic (exact) mass is 246 g/mol. The molecule has 0 heteroatoms. The Morgan fingerprint density at radius 2 is 1.68 bits per heavy atom. The Hall–Kier alpha value is -2.08. The van der Waals surface area contributed by atoms with Gasteiger partial charge in [-0.15, -0.1) is 0 Å². The number of benzene rings is 2. The second-order valence-electron chi connectivity index (χ2n) is 5.00. The van der Waals surface area contributed by atoms with Crippen LogP contribution in [0.3, 0.4) is 0 Å². The van der Waals surface area contributed by atoms with Crippen LogP contribution >= 0.6 is 0 Å². The molecule has 0 spiro atoms. The fraction of sp³-hybridized carbons (Fsp3) is 0.158. The average molecular weight is 246 g/mol. The predicted molar refractivity (Wildman–Crippen MR) is 83.0 cm³/mol. The van der Waals surface area contributed by atoms with E-state index in [2.05, 4.69) is 73.7 Å². The highest BCUT2D eigenvalue weighted by Gasteiger charge is 2.11. The topological polar surface area (TPSA) is 0 Å². The summed E-state index contributed by atoms with van der Waals surface area (Å²) in [6.45, 7) is 2.19. The van der Waals surface area contributed by atoms with Gasteiger partial charge in [-0.3, -0.25) is 0 Å². The van der Waals surface area contributed by atoms with Crippen molar-refractivity contribution in [3.63, 3.8) is 0 Å². The van der Waals surface area contributed by atoms with E-state index >= 15 is 0 Å². The van der Waals surface area contributed by atoms with Crippen molar-refractivity contribution in [2.75, 3.05) is 0 Å². The van der Waals surface area contributed by atoms with Crippen molar-refractivity contribution in [1.82, 2.24) is 0 Å². The summed E-state index contributed by atoms with van der Waals surface area (Å²) in [5.41, 5.74) is 6.70. The Morgan fingerprint density at radius 1 is 0.842 bits per heavy atom. The van der Waals surface area contributed by atoms with Crippen LogP contribution < -0.4 is 0 Å². The minimum atomic E-state index is 1.15. The number of allylic oxidation sites excluding steroid dienone is 4. The maximum Gasteiger partial charge on any atom is -0.00762 e. The summed E-state index contributed by atoms with van der Waals surface area (Å²) >= 11 is 0. The standard InChI is InChI=1S/C19H18/c1-15-9-8-14-18(16-10-4-2-5-11-16)19(15)17-12-6-3-7-13-17/h3-4,6-14H,2,5H2,1H3. The van der Waals surface area contributed by atoms with Crippen molar-refractivity contribution in [1.29, 1.82) is 0 Å². The van der Waals surface area contributed by atoms with E-state index in [4.69, 9.17) is 0 Å². The molecule has 19 heavy (non-hydrogen) atoms. The maximum absolute atomic E-state index is 2.35. The van der Waals surface area contributed by atoms with E-state index in [0.717, 1.165) is 12.8 Å². The fourth-order valence-corrected chi connectivity index (χ4v) is 2.71. The van der Waals surface area contributed by atoms with Crippen LogP contribution in [0.2, 0.25) is 0 Å². The van der Waals surface area contributed by atoms with Gasteiger partial charge in [0.2, 0.25) is 0 Å². The lowest BCUT2D eigenvalue weighted by Gasteiger charge is -2.15. The Labute approximate surface area is 115 Å². The smallest absolute Gasteiger partial charge is 0.00762 e. The summed E-state index contributed by atoms with van der Waals surface area (Å²) in [6, 6.07) is 17.3. The van der Waals surface area contributed by atoms with Crippen LogP contribution in [-0.4, -0.2) is 0 Å². The summed E-state index contributed by atoms with van der Waals surface area (Å²) in [5.74, 6) is 0. The molecule has 0 aromatic heterocycles. The van der Waals surface area contributed by atoms with Gasteiger partial charge >= 0.3 is 0 Å². The molecule has 0 N–H and O–H groups in total. The molecule has 0 amide bonds. The largest absolute Gasteiger partial charge is 0.0836 e. The molecule has 0 unspecified atom stereocenters. The van der Waals surface area contributed by atoms with Crippen LogP contribution in [0.15, 0.2) is 66.8 Å². The number of hydrogen-bond donors (Lipinski definition) is 0. The first kappa shape index (κ1) is 12.0. The van der Waals surface area contributed by atoms with Crippen molar-refractivity contribution >= 4 is 5.57 Å². The van der Waals surface area contributed by atoms with Gasteiger partial charge in [0.15, 0.2) is 0 Å². The van der Waals surface area contributed by atoms with Crippen LogP contribution in [0.25, 0.3) is 16.7 Å². The normalized spacial score (nSPS) is 14.3. The molecule has 2 aromatic rings. The Balaban J connectivity index is 2.18. The molecule has 0 atom stereocenters. The van der Waals surface area contributed by atoms with Crippen LogP contribution in [0.1, 0.15) is 24.0 Å². The molecule has 0 nitrogen and oxygen atoms in total. The number of rotatable bonds is 2. The molecule has 3 rings (SSSR count). The summed E-state index contributed by atoms with van der Waals surface area (Å²) in [5, 5.41) is 0. The summed E-state index contributed by atoms with van der Waals surface area (Å²) in [7, 11) is 0. The predicted octanol–water partition coefficient (Wildman–Crippen LogP) is 5.40. The third kappa shape index (κ3) is 2.39. The minimum absolute atomic E-state index is 1.15. The first-order valence-corrected chi connectivity index (χ1v) is 6.88. The lowest BCUT2D eigenvalue weighted by molar-refractivity contribution is 1.04. The van der Waals surface area contributed by atoms with E-state index in [9.17, 15) is 0 Å². The van der Waals surface area contributed by atoms with E-state index in [1.807, 2.05) is 0 Å². The van der Waals surface area contributed by atoms with Crippen molar-refractivity contribution in [3.8, 4) is 11.1 Å². The molecule has 94 valence electrons. The highest BCUT2D eigenvalue weighted by molar-refractivity contribution is 5.87. The first-order chi connectivity index (χ1) is 9.36. The van der Waals surface area contributed by atoms with Crippen LogP contribution in [-0.2, 0) is 0 Å². The Kier molecular flexibility index (Phi) is 3.33. The molecule has 0 bridgehead atoms. The molecule has 0 fully saturated rings. The third-order valence-corrected chi connectivity index (χ3v) is 3.64. The molecule has 0 aliphatic heterocycles. The van der Waals surface area contributed by atoms with Crippen molar-refractivity contribution in [2.45, 2.75) is 19.8 Å². The first-order valence-electron chi connectivity index (χ1n) is 6.88. The molecule has 0 radical (unpaired) electrons. The van der Waals surface area contributed by atoms with E-state index < -0.39 is 0 Å². The second kappa shape index (κ2) is 5.27. The quantitative estimate of drug-likeness (QED) is 0.666. The summed E-state index contributed by atoms with van der Waals surface area (Å²) < 4.78 is 0. The SMILES string of the molecule is Cc1cccc(C2=CCCC=C2)c1-c1ccccc1. The second-order valence-corrected chi connectivity index (χ2v) is 5.00. The van der Waals surface area contributed by atoms with Crippen LogP contribution in [0, 0.1) is 6.92 Å². The highest BCUT2D eigenvalue weighted by Crippen LogP contribution is 2.33. The highest BCUT2D eigenvalue weighted by atomic mass is 14.1. The Bertz CT molecular complexity index is 630. The van der Waals surface area contributed by atoms with E-state index in [1.54, 1.807) is 0 Å². The average Bonchev–Trinajstić information content (AvgIpc) is 2.49. The minimum Gasteiger partial charge on any atom is -0.0836 e. The van der Waals surface area contributed by atoms with Gasteiger partial charge in [0.1, 0.15) is 0 Å². The van der Waals surface area contributed by atoms with Crippen molar-refractivity contribution < 1.29 is 0 Å². The number of aryl methyl sites for hydroxylation is 1. The van der Waals surface area contributed by atoms with Crippen molar-refractivity contribution in [2.24, 2.45) is 0 Å². The lowest BCUT2D eigenvalue weighted by Crippen LogP contribution is -1.93. The zero-order valence-corrected chi connectivity index (χ0v) is 11.3. The van der Waals surface area contributed by atoms with Gasteiger partial charge in [-0.25, -0.2) is 0 Å². The molecule has 2 aromatic carbocycles. The van der Waals surface area contributed by atoms with Crippen molar-refractivity contribution in [3.05, 3.63) is 77.9 Å². The molecule has 1 aliphatic rings. The maximum atomic E-state index is 2.35. The van der Waals surface area contributed by atoms with Crippen LogP contribution in [0.4, 0.5) is 0 Å². The molecular weight excluding hydrogens is 228 g/mol. The van der Waals surface area contributed by atoms with E-state index in [1.165, 1.54) is 27.8 Å².